The molecule has 1 rings (SSSR count). The van der Waals surface area contributed by atoms with E-state index in [1.165, 1.54) is 12.1 Å². The van der Waals surface area contributed by atoms with Crippen molar-refractivity contribution in [2.75, 3.05) is 19.6 Å². The number of carbonyl (C=O) groups excluding carboxylic acids is 2. The van der Waals surface area contributed by atoms with Crippen LogP contribution in [0.25, 0.3) is 0 Å². The Morgan fingerprint density at radius 2 is 1.87 bits per heavy atom. The SMILES string of the molecule is CCN(CC)C(=O)CCCNC(=O)c1ccc(C(=O)O)c(C)n1. The zero-order chi connectivity index (χ0) is 17.4. The van der Waals surface area contributed by atoms with E-state index in [2.05, 4.69) is 10.3 Å². The molecule has 126 valence electrons. The molecule has 2 N–H and O–H groups in total. The largest absolute Gasteiger partial charge is 0.478 e. The number of rotatable bonds is 8. The Morgan fingerprint density at radius 3 is 2.39 bits per heavy atom. The first-order valence-electron chi connectivity index (χ1n) is 7.67. The number of carbonyl (C=O) groups is 3. The molecule has 23 heavy (non-hydrogen) atoms. The van der Waals surface area contributed by atoms with Crippen LogP contribution in [0.1, 0.15) is 53.2 Å². The average molecular weight is 321 g/mol. The number of hydrogen-bond acceptors (Lipinski definition) is 4. The fraction of sp³-hybridized carbons (Fsp3) is 0.500. The van der Waals surface area contributed by atoms with Gasteiger partial charge in [-0.15, -0.1) is 0 Å². The first-order chi connectivity index (χ1) is 10.9. The number of amides is 2. The normalized spacial score (nSPS) is 10.2. The maximum Gasteiger partial charge on any atom is 0.337 e. The molecule has 1 aromatic heterocycles. The minimum atomic E-state index is -1.07. The van der Waals surface area contributed by atoms with Gasteiger partial charge in [-0.3, -0.25) is 9.59 Å². The molecule has 0 aromatic carbocycles. The van der Waals surface area contributed by atoms with Gasteiger partial charge >= 0.3 is 5.97 Å². The second-order valence-electron chi connectivity index (χ2n) is 5.06. The van der Waals surface area contributed by atoms with Crippen LogP contribution in [0.4, 0.5) is 0 Å². The monoisotopic (exact) mass is 321 g/mol. The molecule has 0 aliphatic carbocycles. The first kappa shape index (κ1) is 18.6. The third-order valence-electron chi connectivity index (χ3n) is 3.52. The highest BCUT2D eigenvalue weighted by Gasteiger charge is 2.13. The minimum absolute atomic E-state index is 0.0732. The van der Waals surface area contributed by atoms with Crippen LogP contribution in [0.2, 0.25) is 0 Å². The summed E-state index contributed by atoms with van der Waals surface area (Å²) in [5.41, 5.74) is 0.538. The number of aromatic carboxylic acids is 1. The molecule has 0 saturated heterocycles. The molecule has 2 amide bonds. The molecule has 0 radical (unpaired) electrons. The molecule has 1 heterocycles. The summed E-state index contributed by atoms with van der Waals surface area (Å²) in [5, 5.41) is 11.6. The van der Waals surface area contributed by atoms with E-state index in [4.69, 9.17) is 5.11 Å². The summed E-state index contributed by atoms with van der Waals surface area (Å²) in [6.07, 6.45) is 0.930. The van der Waals surface area contributed by atoms with Crippen LogP contribution in [0, 0.1) is 6.92 Å². The van der Waals surface area contributed by atoms with Crippen molar-refractivity contribution in [3.63, 3.8) is 0 Å². The van der Waals surface area contributed by atoms with Gasteiger partial charge in [0.1, 0.15) is 5.69 Å². The smallest absolute Gasteiger partial charge is 0.337 e. The summed E-state index contributed by atoms with van der Waals surface area (Å²) in [6, 6.07) is 2.75. The van der Waals surface area contributed by atoms with Crippen molar-refractivity contribution in [3.05, 3.63) is 29.1 Å². The van der Waals surface area contributed by atoms with Crippen molar-refractivity contribution in [1.29, 1.82) is 0 Å². The molecule has 7 nitrogen and oxygen atoms in total. The molecule has 0 saturated carbocycles. The third kappa shape index (κ3) is 5.36. The summed E-state index contributed by atoms with van der Waals surface area (Å²) in [7, 11) is 0. The van der Waals surface area contributed by atoms with Crippen molar-refractivity contribution in [3.8, 4) is 0 Å². The number of carboxylic acids is 1. The van der Waals surface area contributed by atoms with Crippen LogP contribution in [-0.4, -0.2) is 52.4 Å². The van der Waals surface area contributed by atoms with Crippen LogP contribution < -0.4 is 5.32 Å². The molecule has 1 aromatic rings. The van der Waals surface area contributed by atoms with Gasteiger partial charge in [0.05, 0.1) is 11.3 Å². The van der Waals surface area contributed by atoms with Gasteiger partial charge in [0.2, 0.25) is 5.91 Å². The van der Waals surface area contributed by atoms with Gasteiger partial charge in [0.15, 0.2) is 0 Å². The summed E-state index contributed by atoms with van der Waals surface area (Å²) in [6.45, 7) is 7.13. The molecule has 0 unspecified atom stereocenters. The van der Waals surface area contributed by atoms with Gasteiger partial charge < -0.3 is 15.3 Å². The minimum Gasteiger partial charge on any atom is -0.478 e. The summed E-state index contributed by atoms with van der Waals surface area (Å²) < 4.78 is 0. The van der Waals surface area contributed by atoms with Gasteiger partial charge in [-0.2, -0.15) is 0 Å². The highest BCUT2D eigenvalue weighted by molar-refractivity contribution is 5.94. The Hall–Kier alpha value is -2.44. The zero-order valence-electron chi connectivity index (χ0n) is 13.8. The number of carboxylic acid groups (broad SMARTS) is 1. The molecule has 7 heteroatoms. The third-order valence-corrected chi connectivity index (χ3v) is 3.52. The van der Waals surface area contributed by atoms with Gasteiger partial charge in [-0.25, -0.2) is 9.78 Å². The maximum absolute atomic E-state index is 12.0. The lowest BCUT2D eigenvalue weighted by Crippen LogP contribution is -2.31. The van der Waals surface area contributed by atoms with Crippen molar-refractivity contribution >= 4 is 17.8 Å². The van der Waals surface area contributed by atoms with E-state index in [0.717, 1.165) is 0 Å². The van der Waals surface area contributed by atoms with Gasteiger partial charge in [-0.05, 0) is 39.3 Å². The summed E-state index contributed by atoms with van der Waals surface area (Å²) in [4.78, 5) is 40.4. The van der Waals surface area contributed by atoms with Crippen LogP contribution >= 0.6 is 0 Å². The quantitative estimate of drug-likeness (QED) is 0.706. The van der Waals surface area contributed by atoms with Crippen molar-refractivity contribution in [1.82, 2.24) is 15.2 Å². The number of pyridine rings is 1. The fourth-order valence-corrected chi connectivity index (χ4v) is 2.18. The zero-order valence-corrected chi connectivity index (χ0v) is 13.8. The lowest BCUT2D eigenvalue weighted by atomic mass is 10.2. The molecular weight excluding hydrogens is 298 g/mol. The Morgan fingerprint density at radius 1 is 1.22 bits per heavy atom. The molecule has 0 bridgehead atoms. The number of hydrogen-bond donors (Lipinski definition) is 2. The molecule has 0 fully saturated rings. The Labute approximate surface area is 135 Å². The molecule has 0 atom stereocenters. The fourth-order valence-electron chi connectivity index (χ4n) is 2.18. The van der Waals surface area contributed by atoms with E-state index in [1.807, 2.05) is 13.8 Å². The highest BCUT2D eigenvalue weighted by Crippen LogP contribution is 2.07. The predicted octanol–water partition coefficient (Wildman–Crippen LogP) is 1.47. The second-order valence-corrected chi connectivity index (χ2v) is 5.06. The molecule has 0 spiro atoms. The molecule has 0 aliphatic heterocycles. The van der Waals surface area contributed by atoms with Gasteiger partial charge in [0, 0.05) is 26.1 Å². The maximum atomic E-state index is 12.0. The number of nitrogens with zero attached hydrogens (tertiary/aromatic N) is 2. The summed E-state index contributed by atoms with van der Waals surface area (Å²) >= 11 is 0. The number of nitrogens with one attached hydrogen (secondary N) is 1. The van der Waals surface area contributed by atoms with Crippen molar-refractivity contribution in [2.24, 2.45) is 0 Å². The second kappa shape index (κ2) is 8.87. The number of aromatic nitrogens is 1. The Balaban J connectivity index is 2.47. The van der Waals surface area contributed by atoms with Crippen molar-refractivity contribution in [2.45, 2.75) is 33.6 Å². The van der Waals surface area contributed by atoms with Crippen LogP contribution in [-0.2, 0) is 4.79 Å². The Kier molecular flexibility index (Phi) is 7.18. The number of aryl methyl sites for hydroxylation is 1. The standard InChI is InChI=1S/C16H23N3O4/c1-4-19(5-2)14(20)7-6-10-17-15(21)13-9-8-12(16(22)23)11(3)18-13/h8-9H,4-7,10H2,1-3H3,(H,17,21)(H,22,23). The highest BCUT2D eigenvalue weighted by atomic mass is 16.4. The predicted molar refractivity (Wildman–Crippen MR) is 85.4 cm³/mol. The van der Waals surface area contributed by atoms with Crippen molar-refractivity contribution < 1.29 is 19.5 Å². The van der Waals surface area contributed by atoms with E-state index in [1.54, 1.807) is 11.8 Å². The van der Waals surface area contributed by atoms with E-state index in [0.29, 0.717) is 38.2 Å². The summed E-state index contributed by atoms with van der Waals surface area (Å²) in [5.74, 6) is -1.37. The van der Waals surface area contributed by atoms with Crippen LogP contribution in [0.15, 0.2) is 12.1 Å². The molecule has 0 aliphatic rings. The van der Waals surface area contributed by atoms with Crippen LogP contribution in [0.5, 0.6) is 0 Å². The Bertz CT molecular complexity index is 583. The topological polar surface area (TPSA) is 99.6 Å². The van der Waals surface area contributed by atoms with Gasteiger partial charge in [-0.1, -0.05) is 0 Å². The van der Waals surface area contributed by atoms with E-state index in [-0.39, 0.29) is 23.1 Å². The van der Waals surface area contributed by atoms with E-state index < -0.39 is 5.97 Å². The van der Waals surface area contributed by atoms with E-state index in [9.17, 15) is 14.4 Å². The lowest BCUT2D eigenvalue weighted by Gasteiger charge is -2.18. The lowest BCUT2D eigenvalue weighted by molar-refractivity contribution is -0.130. The first-order valence-corrected chi connectivity index (χ1v) is 7.67. The van der Waals surface area contributed by atoms with E-state index >= 15 is 0 Å². The molecular formula is C16H23N3O4. The van der Waals surface area contributed by atoms with Crippen LogP contribution in [0.3, 0.4) is 0 Å². The van der Waals surface area contributed by atoms with Gasteiger partial charge in [0.25, 0.3) is 5.91 Å². The average Bonchev–Trinajstić information content (AvgIpc) is 2.52.